The number of likely N-dealkylation sites (N-methyl/N-ethyl adjacent to an activating group) is 1. The van der Waals surface area contributed by atoms with Crippen molar-refractivity contribution in [1.82, 2.24) is 15.1 Å². The summed E-state index contributed by atoms with van der Waals surface area (Å²) in [5.74, 6) is 1.84. The zero-order chi connectivity index (χ0) is 15.0. The lowest BCUT2D eigenvalue weighted by Gasteiger charge is -2.36. The number of halogens is 1. The van der Waals surface area contributed by atoms with Gasteiger partial charge in [-0.15, -0.1) is 0 Å². The van der Waals surface area contributed by atoms with Gasteiger partial charge in [0.05, 0.1) is 12.8 Å². The SMILES string of the molecule is COc1cc(Br)cc(-c2cc(N)n[nH]2)c1OC1CN(C)C1. The number of nitrogen functional groups attached to an aromatic ring is 1. The van der Waals surface area contributed by atoms with Crippen molar-refractivity contribution in [3.8, 4) is 22.8 Å². The van der Waals surface area contributed by atoms with Crippen LogP contribution >= 0.6 is 15.9 Å². The number of H-pyrrole nitrogens is 1. The van der Waals surface area contributed by atoms with Crippen molar-refractivity contribution in [2.24, 2.45) is 0 Å². The predicted molar refractivity (Wildman–Crippen MR) is 84.6 cm³/mol. The van der Waals surface area contributed by atoms with Crippen LogP contribution in [0.25, 0.3) is 11.3 Å². The summed E-state index contributed by atoms with van der Waals surface area (Å²) in [7, 11) is 3.70. The highest BCUT2D eigenvalue weighted by atomic mass is 79.9. The molecule has 7 heteroatoms. The van der Waals surface area contributed by atoms with E-state index in [0.29, 0.717) is 17.3 Å². The molecule has 0 atom stereocenters. The first-order valence-corrected chi connectivity index (χ1v) is 7.40. The van der Waals surface area contributed by atoms with Gasteiger partial charge in [0.2, 0.25) is 0 Å². The van der Waals surface area contributed by atoms with Crippen LogP contribution in [0.1, 0.15) is 0 Å². The molecule has 0 aliphatic carbocycles. The quantitative estimate of drug-likeness (QED) is 0.881. The van der Waals surface area contributed by atoms with Crippen LogP contribution in [0, 0.1) is 0 Å². The number of hydrogen-bond acceptors (Lipinski definition) is 5. The van der Waals surface area contributed by atoms with Gasteiger partial charge in [-0.3, -0.25) is 10.00 Å². The van der Waals surface area contributed by atoms with E-state index in [-0.39, 0.29) is 6.10 Å². The smallest absolute Gasteiger partial charge is 0.171 e. The summed E-state index contributed by atoms with van der Waals surface area (Å²) in [5, 5.41) is 6.89. The average Bonchev–Trinajstić information content (AvgIpc) is 2.84. The standard InChI is InChI=1S/C14H17BrN4O2/c1-19-6-9(7-19)21-14-10(11-5-13(16)18-17-11)3-8(15)4-12(14)20-2/h3-5,9H,6-7H2,1-2H3,(H3,16,17,18). The van der Waals surface area contributed by atoms with E-state index < -0.39 is 0 Å². The molecule has 0 saturated carbocycles. The number of rotatable bonds is 4. The molecular formula is C14H17BrN4O2. The largest absolute Gasteiger partial charge is 0.493 e. The third-order valence-corrected chi connectivity index (χ3v) is 3.90. The zero-order valence-electron chi connectivity index (χ0n) is 11.9. The molecule has 112 valence electrons. The molecular weight excluding hydrogens is 336 g/mol. The third-order valence-electron chi connectivity index (χ3n) is 3.44. The van der Waals surface area contributed by atoms with Crippen molar-refractivity contribution in [1.29, 1.82) is 0 Å². The van der Waals surface area contributed by atoms with Crippen molar-refractivity contribution in [2.75, 3.05) is 33.0 Å². The predicted octanol–water partition coefficient (Wildman–Crippen LogP) is 2.12. The molecule has 0 radical (unpaired) electrons. The van der Waals surface area contributed by atoms with E-state index in [9.17, 15) is 0 Å². The fourth-order valence-corrected chi connectivity index (χ4v) is 2.84. The topological polar surface area (TPSA) is 76.4 Å². The van der Waals surface area contributed by atoms with Gasteiger partial charge in [0.15, 0.2) is 11.5 Å². The Morgan fingerprint density at radius 1 is 1.38 bits per heavy atom. The molecule has 1 fully saturated rings. The van der Waals surface area contributed by atoms with Crippen LogP contribution in [0.3, 0.4) is 0 Å². The highest BCUT2D eigenvalue weighted by molar-refractivity contribution is 9.10. The van der Waals surface area contributed by atoms with Gasteiger partial charge in [0.1, 0.15) is 11.9 Å². The lowest BCUT2D eigenvalue weighted by molar-refractivity contribution is 0.0374. The number of ether oxygens (including phenoxy) is 2. The first kappa shape index (κ1) is 14.2. The number of nitrogens with one attached hydrogen (secondary N) is 1. The van der Waals surface area contributed by atoms with Gasteiger partial charge in [-0.2, -0.15) is 5.10 Å². The van der Waals surface area contributed by atoms with E-state index in [1.54, 1.807) is 13.2 Å². The van der Waals surface area contributed by atoms with E-state index in [0.717, 1.165) is 28.8 Å². The fraction of sp³-hybridized carbons (Fsp3) is 0.357. The number of benzene rings is 1. The Bertz CT molecular complexity index is 652. The minimum Gasteiger partial charge on any atom is -0.493 e. The molecule has 0 amide bonds. The monoisotopic (exact) mass is 352 g/mol. The van der Waals surface area contributed by atoms with Crippen LogP contribution in [-0.4, -0.2) is 48.4 Å². The van der Waals surface area contributed by atoms with Gasteiger partial charge in [-0.05, 0) is 19.2 Å². The van der Waals surface area contributed by atoms with Crippen molar-refractivity contribution in [2.45, 2.75) is 6.10 Å². The summed E-state index contributed by atoms with van der Waals surface area (Å²) >= 11 is 3.49. The van der Waals surface area contributed by atoms with Crippen LogP contribution in [0.4, 0.5) is 5.82 Å². The molecule has 3 N–H and O–H groups in total. The Balaban J connectivity index is 2.01. The fourth-order valence-electron chi connectivity index (χ4n) is 2.40. The molecule has 0 bridgehead atoms. The van der Waals surface area contributed by atoms with Gasteiger partial charge in [-0.25, -0.2) is 0 Å². The molecule has 0 unspecified atom stereocenters. The summed E-state index contributed by atoms with van der Waals surface area (Å²) in [5.41, 5.74) is 7.37. The van der Waals surface area contributed by atoms with E-state index in [4.69, 9.17) is 15.2 Å². The van der Waals surface area contributed by atoms with E-state index >= 15 is 0 Å². The Labute approximate surface area is 131 Å². The van der Waals surface area contributed by atoms with Gasteiger partial charge in [-0.1, -0.05) is 15.9 Å². The Hall–Kier alpha value is -1.73. The lowest BCUT2D eigenvalue weighted by Crippen LogP contribution is -2.51. The molecule has 2 heterocycles. The van der Waals surface area contributed by atoms with E-state index in [1.165, 1.54) is 0 Å². The second-order valence-electron chi connectivity index (χ2n) is 5.15. The maximum Gasteiger partial charge on any atom is 0.171 e. The average molecular weight is 353 g/mol. The molecule has 3 rings (SSSR count). The first-order chi connectivity index (χ1) is 10.1. The number of aromatic nitrogens is 2. The van der Waals surface area contributed by atoms with Crippen LogP contribution in [-0.2, 0) is 0 Å². The molecule has 0 spiro atoms. The number of likely N-dealkylation sites (tertiary alicyclic amines) is 1. The van der Waals surface area contributed by atoms with E-state index in [1.807, 2.05) is 12.1 Å². The van der Waals surface area contributed by atoms with Gasteiger partial charge < -0.3 is 15.2 Å². The summed E-state index contributed by atoms with van der Waals surface area (Å²) in [6.45, 7) is 1.81. The minimum atomic E-state index is 0.170. The number of nitrogens with zero attached hydrogens (tertiary/aromatic N) is 2. The number of anilines is 1. The second-order valence-corrected chi connectivity index (χ2v) is 6.07. The van der Waals surface area contributed by atoms with E-state index in [2.05, 4.69) is 38.1 Å². The van der Waals surface area contributed by atoms with Crippen molar-refractivity contribution in [3.63, 3.8) is 0 Å². The summed E-state index contributed by atoms with van der Waals surface area (Å²) in [4.78, 5) is 2.20. The van der Waals surface area contributed by atoms with Crippen molar-refractivity contribution >= 4 is 21.7 Å². The number of methoxy groups -OCH3 is 1. The van der Waals surface area contributed by atoms with Crippen LogP contribution < -0.4 is 15.2 Å². The number of hydrogen-bond donors (Lipinski definition) is 2. The zero-order valence-corrected chi connectivity index (χ0v) is 13.5. The maximum atomic E-state index is 6.12. The number of nitrogens with two attached hydrogens (primary N) is 1. The lowest BCUT2D eigenvalue weighted by atomic mass is 10.1. The molecule has 1 aromatic heterocycles. The van der Waals surface area contributed by atoms with Crippen LogP contribution in [0.5, 0.6) is 11.5 Å². The van der Waals surface area contributed by atoms with Crippen LogP contribution in [0.2, 0.25) is 0 Å². The molecule has 21 heavy (non-hydrogen) atoms. The van der Waals surface area contributed by atoms with Crippen molar-refractivity contribution < 1.29 is 9.47 Å². The highest BCUT2D eigenvalue weighted by Gasteiger charge is 2.28. The molecule has 1 aromatic carbocycles. The number of aromatic amines is 1. The maximum absolute atomic E-state index is 6.12. The summed E-state index contributed by atoms with van der Waals surface area (Å²) < 4.78 is 12.5. The first-order valence-electron chi connectivity index (χ1n) is 6.61. The summed E-state index contributed by atoms with van der Waals surface area (Å²) in [6.07, 6.45) is 0.170. The van der Waals surface area contributed by atoms with Crippen molar-refractivity contribution in [3.05, 3.63) is 22.7 Å². The molecule has 1 aliphatic heterocycles. The van der Waals surface area contributed by atoms with Gasteiger partial charge >= 0.3 is 0 Å². The Kier molecular flexibility index (Phi) is 3.77. The second kappa shape index (κ2) is 5.57. The Morgan fingerprint density at radius 3 is 2.71 bits per heavy atom. The molecule has 1 aliphatic rings. The Morgan fingerprint density at radius 2 is 2.14 bits per heavy atom. The molecule has 2 aromatic rings. The van der Waals surface area contributed by atoms with Gasteiger partial charge in [0, 0.05) is 29.2 Å². The summed E-state index contributed by atoms with van der Waals surface area (Å²) in [6, 6.07) is 5.63. The van der Waals surface area contributed by atoms with Gasteiger partial charge in [0.25, 0.3) is 0 Å². The normalized spacial score (nSPS) is 15.8. The van der Waals surface area contributed by atoms with Crippen LogP contribution in [0.15, 0.2) is 22.7 Å². The third kappa shape index (κ3) is 2.84. The molecule has 6 nitrogen and oxygen atoms in total. The minimum absolute atomic E-state index is 0.170. The highest BCUT2D eigenvalue weighted by Crippen LogP contribution is 2.41. The molecule has 1 saturated heterocycles.